The summed E-state index contributed by atoms with van der Waals surface area (Å²) in [6.07, 6.45) is -0.231. The fourth-order valence-electron chi connectivity index (χ4n) is 3.72. The zero-order chi connectivity index (χ0) is 19.6. The average molecular weight is 375 g/mol. The maximum absolute atomic E-state index is 12.8. The molecular weight excluding hydrogens is 340 g/mol. The van der Waals surface area contributed by atoms with Crippen LogP contribution >= 0.6 is 0 Å². The SMILES string of the molecule is C[C@@H]1CN(C(=O)OC(C)(C)C)[C@@H](c2cccc(N3CCN(C)CC3)c2)CN1. The van der Waals surface area contributed by atoms with Gasteiger partial charge in [0.25, 0.3) is 0 Å². The summed E-state index contributed by atoms with van der Waals surface area (Å²) in [4.78, 5) is 19.5. The number of carbonyl (C=O) groups excluding carboxylic acids is 1. The number of hydrogen-bond acceptors (Lipinski definition) is 5. The Kier molecular flexibility index (Phi) is 5.96. The molecule has 6 nitrogen and oxygen atoms in total. The van der Waals surface area contributed by atoms with E-state index < -0.39 is 5.60 Å². The number of hydrogen-bond donors (Lipinski definition) is 1. The van der Waals surface area contributed by atoms with Crippen LogP contribution in [0.25, 0.3) is 0 Å². The predicted molar refractivity (Wildman–Crippen MR) is 109 cm³/mol. The molecule has 27 heavy (non-hydrogen) atoms. The number of likely N-dealkylation sites (N-methyl/N-ethyl adjacent to an activating group) is 1. The van der Waals surface area contributed by atoms with Gasteiger partial charge in [0.15, 0.2) is 0 Å². The molecule has 2 fully saturated rings. The minimum atomic E-state index is -0.489. The normalized spacial score (nSPS) is 24.8. The van der Waals surface area contributed by atoms with Crippen LogP contribution in [0.15, 0.2) is 24.3 Å². The van der Waals surface area contributed by atoms with Crippen LogP contribution in [0.1, 0.15) is 39.3 Å². The van der Waals surface area contributed by atoms with Gasteiger partial charge in [-0.25, -0.2) is 4.79 Å². The van der Waals surface area contributed by atoms with Crippen LogP contribution in [0.4, 0.5) is 10.5 Å². The highest BCUT2D eigenvalue weighted by atomic mass is 16.6. The number of carbonyl (C=O) groups is 1. The minimum Gasteiger partial charge on any atom is -0.444 e. The fourth-order valence-corrected chi connectivity index (χ4v) is 3.72. The van der Waals surface area contributed by atoms with Gasteiger partial charge in [-0.2, -0.15) is 0 Å². The van der Waals surface area contributed by atoms with Crippen LogP contribution in [0.3, 0.4) is 0 Å². The molecule has 0 aliphatic carbocycles. The molecule has 1 amide bonds. The Morgan fingerprint density at radius 1 is 1.19 bits per heavy atom. The molecule has 2 heterocycles. The summed E-state index contributed by atoms with van der Waals surface area (Å²) in [5, 5.41) is 3.51. The van der Waals surface area contributed by atoms with Gasteiger partial charge >= 0.3 is 6.09 Å². The molecule has 2 aliphatic heterocycles. The highest BCUT2D eigenvalue weighted by Gasteiger charge is 2.34. The van der Waals surface area contributed by atoms with Gasteiger partial charge in [0.2, 0.25) is 0 Å². The van der Waals surface area contributed by atoms with Crippen molar-refractivity contribution in [1.82, 2.24) is 15.1 Å². The van der Waals surface area contributed by atoms with E-state index in [0.29, 0.717) is 6.54 Å². The Labute approximate surface area is 163 Å². The highest BCUT2D eigenvalue weighted by Crippen LogP contribution is 2.29. The summed E-state index contributed by atoms with van der Waals surface area (Å²) < 4.78 is 5.68. The molecule has 2 saturated heterocycles. The lowest BCUT2D eigenvalue weighted by atomic mass is 10.0. The topological polar surface area (TPSA) is 48.1 Å². The van der Waals surface area contributed by atoms with E-state index in [1.165, 1.54) is 5.69 Å². The Hall–Kier alpha value is -1.79. The third-order valence-electron chi connectivity index (χ3n) is 5.26. The van der Waals surface area contributed by atoms with Crippen LogP contribution < -0.4 is 10.2 Å². The van der Waals surface area contributed by atoms with Gasteiger partial charge in [-0.05, 0) is 52.4 Å². The van der Waals surface area contributed by atoms with Crippen LogP contribution in [-0.4, -0.2) is 73.9 Å². The highest BCUT2D eigenvalue weighted by molar-refractivity contribution is 5.69. The van der Waals surface area contributed by atoms with Crippen molar-refractivity contribution in [2.45, 2.75) is 45.4 Å². The molecule has 0 bridgehead atoms. The standard InChI is InChI=1S/C21H34N4O2/c1-16-15-25(20(26)27-21(2,3)4)19(14-22-16)17-7-6-8-18(13-17)24-11-9-23(5)10-12-24/h6-8,13,16,19,22H,9-12,14-15H2,1-5H3/t16-,19-/m1/s1. The molecule has 6 heteroatoms. The zero-order valence-corrected chi connectivity index (χ0v) is 17.4. The Balaban J connectivity index is 1.80. The summed E-state index contributed by atoms with van der Waals surface area (Å²) in [6.45, 7) is 13.5. The number of nitrogens with one attached hydrogen (secondary N) is 1. The van der Waals surface area contributed by atoms with Crippen LogP contribution in [0, 0.1) is 0 Å². The summed E-state index contributed by atoms with van der Waals surface area (Å²) >= 11 is 0. The van der Waals surface area contributed by atoms with Gasteiger partial charge in [-0.15, -0.1) is 0 Å². The molecule has 1 N–H and O–H groups in total. The minimum absolute atomic E-state index is 0.0107. The lowest BCUT2D eigenvalue weighted by Crippen LogP contribution is -2.54. The maximum Gasteiger partial charge on any atom is 0.410 e. The number of piperazine rings is 2. The van der Waals surface area contributed by atoms with E-state index >= 15 is 0 Å². The second kappa shape index (κ2) is 8.07. The molecule has 0 unspecified atom stereocenters. The van der Waals surface area contributed by atoms with E-state index in [4.69, 9.17) is 4.74 Å². The average Bonchev–Trinajstić information content (AvgIpc) is 2.61. The third-order valence-corrected chi connectivity index (χ3v) is 5.26. The van der Waals surface area contributed by atoms with Crippen molar-refractivity contribution in [3.05, 3.63) is 29.8 Å². The van der Waals surface area contributed by atoms with Gasteiger partial charge in [-0.3, -0.25) is 4.90 Å². The summed E-state index contributed by atoms with van der Waals surface area (Å²) in [6, 6.07) is 8.89. The van der Waals surface area contributed by atoms with E-state index in [1.807, 2.05) is 25.7 Å². The fraction of sp³-hybridized carbons (Fsp3) is 0.667. The van der Waals surface area contributed by atoms with Gasteiger partial charge in [0, 0.05) is 51.0 Å². The molecule has 1 aromatic carbocycles. The van der Waals surface area contributed by atoms with Crippen molar-refractivity contribution < 1.29 is 9.53 Å². The summed E-state index contributed by atoms with van der Waals surface area (Å²) in [7, 11) is 2.17. The van der Waals surface area contributed by atoms with Crippen molar-refractivity contribution in [3.63, 3.8) is 0 Å². The Morgan fingerprint density at radius 2 is 1.89 bits per heavy atom. The van der Waals surface area contributed by atoms with Crippen molar-refractivity contribution in [3.8, 4) is 0 Å². The number of ether oxygens (including phenoxy) is 1. The van der Waals surface area contributed by atoms with E-state index in [-0.39, 0.29) is 18.2 Å². The molecule has 0 saturated carbocycles. The van der Waals surface area contributed by atoms with Crippen molar-refractivity contribution >= 4 is 11.8 Å². The molecule has 2 aliphatic rings. The summed E-state index contributed by atoms with van der Waals surface area (Å²) in [5.41, 5.74) is 1.91. The first kappa shape index (κ1) is 20.0. The van der Waals surface area contributed by atoms with E-state index in [2.05, 4.69) is 53.4 Å². The third kappa shape index (κ3) is 5.14. The quantitative estimate of drug-likeness (QED) is 0.863. The van der Waals surface area contributed by atoms with E-state index in [9.17, 15) is 4.79 Å². The van der Waals surface area contributed by atoms with Gasteiger partial charge in [0.1, 0.15) is 5.60 Å². The second-order valence-corrected chi connectivity index (χ2v) is 8.84. The van der Waals surface area contributed by atoms with Gasteiger partial charge in [-0.1, -0.05) is 12.1 Å². The first-order chi connectivity index (χ1) is 12.7. The molecule has 0 radical (unpaired) electrons. The van der Waals surface area contributed by atoms with Crippen LogP contribution in [-0.2, 0) is 4.74 Å². The zero-order valence-electron chi connectivity index (χ0n) is 17.4. The molecular formula is C21H34N4O2. The Morgan fingerprint density at radius 3 is 2.56 bits per heavy atom. The molecule has 0 spiro atoms. The second-order valence-electron chi connectivity index (χ2n) is 8.84. The lowest BCUT2D eigenvalue weighted by molar-refractivity contribution is 0.00787. The smallest absolute Gasteiger partial charge is 0.410 e. The molecule has 150 valence electrons. The maximum atomic E-state index is 12.8. The van der Waals surface area contributed by atoms with Crippen LogP contribution in [0.2, 0.25) is 0 Å². The van der Waals surface area contributed by atoms with Gasteiger partial charge in [0.05, 0.1) is 6.04 Å². The molecule has 3 rings (SSSR count). The number of rotatable bonds is 2. The lowest BCUT2D eigenvalue weighted by Gasteiger charge is -2.40. The predicted octanol–water partition coefficient (Wildman–Crippen LogP) is 2.71. The number of amides is 1. The first-order valence-corrected chi connectivity index (χ1v) is 9.99. The number of nitrogens with zero attached hydrogens (tertiary/aromatic N) is 3. The number of benzene rings is 1. The van der Waals surface area contributed by atoms with Crippen molar-refractivity contribution in [2.75, 3.05) is 51.2 Å². The van der Waals surface area contributed by atoms with Crippen LogP contribution in [0.5, 0.6) is 0 Å². The van der Waals surface area contributed by atoms with E-state index in [0.717, 1.165) is 38.3 Å². The van der Waals surface area contributed by atoms with Crippen molar-refractivity contribution in [2.24, 2.45) is 0 Å². The van der Waals surface area contributed by atoms with Gasteiger partial charge < -0.3 is 19.9 Å². The summed E-state index contributed by atoms with van der Waals surface area (Å²) in [5.74, 6) is 0. The van der Waals surface area contributed by atoms with E-state index in [1.54, 1.807) is 0 Å². The largest absolute Gasteiger partial charge is 0.444 e. The molecule has 0 aromatic heterocycles. The molecule has 2 atom stereocenters. The number of anilines is 1. The Bertz CT molecular complexity index is 650. The first-order valence-electron chi connectivity index (χ1n) is 9.99. The van der Waals surface area contributed by atoms with Crippen molar-refractivity contribution in [1.29, 1.82) is 0 Å². The molecule has 1 aromatic rings. The monoisotopic (exact) mass is 374 g/mol.